The lowest BCUT2D eigenvalue weighted by Gasteiger charge is -2.43. The molecule has 1 aliphatic carbocycles. The Hall–Kier alpha value is -2.80. The SMILES string of the molecule is CC(=O)C1CCC2C(=N1)C[C@@H]1CNC[C@H]1C2Cc1ccccc1.O=C(O)/C=C\C(=O)O. The van der Waals surface area contributed by atoms with Crippen LogP contribution in [-0.4, -0.2) is 52.8 Å². The Kier molecular flexibility index (Phi) is 7.74. The zero-order valence-electron chi connectivity index (χ0n) is 17.7. The van der Waals surface area contributed by atoms with Crippen molar-refractivity contribution in [3.05, 3.63) is 48.0 Å². The molecule has 0 radical (unpaired) electrons. The van der Waals surface area contributed by atoms with E-state index in [-0.39, 0.29) is 11.8 Å². The minimum absolute atomic E-state index is 0.0652. The maximum absolute atomic E-state index is 11.8. The molecule has 0 spiro atoms. The number of carbonyl (C=O) groups is 3. The predicted octanol–water partition coefficient (Wildman–Crippen LogP) is 2.60. The maximum Gasteiger partial charge on any atom is 0.328 e. The molecule has 0 aromatic heterocycles. The average molecular weight is 427 g/mol. The van der Waals surface area contributed by atoms with E-state index < -0.39 is 11.9 Å². The Morgan fingerprint density at radius 1 is 1.06 bits per heavy atom. The van der Waals surface area contributed by atoms with Crippen LogP contribution in [0.15, 0.2) is 47.5 Å². The number of ketones is 1. The van der Waals surface area contributed by atoms with Crippen LogP contribution in [0.1, 0.15) is 31.7 Å². The monoisotopic (exact) mass is 426 g/mol. The molecular formula is C24H30N2O5. The van der Waals surface area contributed by atoms with Crippen LogP contribution in [-0.2, 0) is 20.8 Å². The van der Waals surface area contributed by atoms with Gasteiger partial charge in [-0.05, 0) is 69.0 Å². The summed E-state index contributed by atoms with van der Waals surface area (Å²) in [4.78, 5) is 35.8. The number of Topliss-reactive ketones (excluding diaryl/α,β-unsaturated/α-hetero) is 1. The summed E-state index contributed by atoms with van der Waals surface area (Å²) in [6.07, 6.45) is 5.46. The standard InChI is InChI=1S/C20H26N2O.C4H4O4/c1-13(23)19-8-7-16-17(9-14-5-3-2-4-6-14)18-12-21-11-15(18)10-20(16)22-19;5-3(6)1-2-4(7)8/h2-6,15-19,21H,7-12H2,1H3;1-2H,(H,5,6)(H,7,8)/b;2-1-/t15-,16?,17?,18-,19?;/m1./s1. The van der Waals surface area contributed by atoms with Crippen molar-refractivity contribution in [1.82, 2.24) is 5.32 Å². The summed E-state index contributed by atoms with van der Waals surface area (Å²) >= 11 is 0. The minimum Gasteiger partial charge on any atom is -0.478 e. The van der Waals surface area contributed by atoms with Gasteiger partial charge in [0.15, 0.2) is 5.78 Å². The Labute approximate surface area is 182 Å². The summed E-state index contributed by atoms with van der Waals surface area (Å²) < 4.78 is 0. The molecule has 7 nitrogen and oxygen atoms in total. The van der Waals surface area contributed by atoms with E-state index in [9.17, 15) is 14.4 Å². The average Bonchev–Trinajstić information content (AvgIpc) is 3.21. The predicted molar refractivity (Wildman–Crippen MR) is 117 cm³/mol. The Morgan fingerprint density at radius 2 is 1.74 bits per heavy atom. The van der Waals surface area contributed by atoms with Crippen LogP contribution in [0.4, 0.5) is 0 Å². The Bertz CT molecular complexity index is 848. The first kappa shape index (κ1) is 22.9. The first-order chi connectivity index (χ1) is 14.8. The molecule has 3 unspecified atom stereocenters. The lowest BCUT2D eigenvalue weighted by molar-refractivity contribution is -0.134. The lowest BCUT2D eigenvalue weighted by atomic mass is 9.62. The number of fused-ring (bicyclic) bond motifs is 2. The van der Waals surface area contributed by atoms with Crippen molar-refractivity contribution in [2.75, 3.05) is 13.1 Å². The largest absolute Gasteiger partial charge is 0.478 e. The number of carbonyl (C=O) groups excluding carboxylic acids is 1. The second-order valence-electron chi connectivity index (χ2n) is 8.58. The van der Waals surface area contributed by atoms with Crippen LogP contribution in [0.3, 0.4) is 0 Å². The van der Waals surface area contributed by atoms with Crippen molar-refractivity contribution < 1.29 is 24.6 Å². The van der Waals surface area contributed by atoms with Gasteiger partial charge in [0.2, 0.25) is 0 Å². The van der Waals surface area contributed by atoms with Crippen LogP contribution < -0.4 is 5.32 Å². The maximum atomic E-state index is 11.8. The summed E-state index contributed by atoms with van der Waals surface area (Å²) in [7, 11) is 0. The van der Waals surface area contributed by atoms with Crippen LogP contribution >= 0.6 is 0 Å². The van der Waals surface area contributed by atoms with Gasteiger partial charge in [-0.3, -0.25) is 9.79 Å². The van der Waals surface area contributed by atoms with E-state index in [0.717, 1.165) is 44.7 Å². The zero-order chi connectivity index (χ0) is 22.4. The number of hydrogen-bond donors (Lipinski definition) is 3. The molecule has 166 valence electrons. The van der Waals surface area contributed by atoms with E-state index in [1.807, 2.05) is 0 Å². The highest BCUT2D eigenvalue weighted by atomic mass is 16.4. The van der Waals surface area contributed by atoms with Gasteiger partial charge in [-0.15, -0.1) is 0 Å². The number of aliphatic carboxylic acids is 2. The second-order valence-corrected chi connectivity index (χ2v) is 8.58. The normalized spacial score (nSPS) is 29.2. The third-order valence-corrected chi connectivity index (χ3v) is 6.58. The molecule has 3 N–H and O–H groups in total. The van der Waals surface area contributed by atoms with Gasteiger partial charge in [-0.1, -0.05) is 30.3 Å². The number of nitrogens with zero attached hydrogens (tertiary/aromatic N) is 1. The molecule has 4 rings (SSSR count). The van der Waals surface area contributed by atoms with Crippen LogP contribution in [0.5, 0.6) is 0 Å². The number of carboxylic acid groups (broad SMARTS) is 2. The smallest absolute Gasteiger partial charge is 0.328 e. The molecule has 0 amide bonds. The van der Waals surface area contributed by atoms with Gasteiger partial charge in [-0.25, -0.2) is 9.59 Å². The molecule has 5 atom stereocenters. The summed E-state index contributed by atoms with van der Waals surface area (Å²) in [5.74, 6) is 0.476. The van der Waals surface area contributed by atoms with Crippen molar-refractivity contribution in [3.63, 3.8) is 0 Å². The van der Waals surface area contributed by atoms with Gasteiger partial charge in [0.1, 0.15) is 6.04 Å². The molecule has 1 saturated carbocycles. The van der Waals surface area contributed by atoms with Gasteiger partial charge < -0.3 is 15.5 Å². The number of benzene rings is 1. The number of aliphatic imine (C=N–C) groups is 1. The summed E-state index contributed by atoms with van der Waals surface area (Å²) in [5.41, 5.74) is 2.79. The molecule has 1 saturated heterocycles. The number of nitrogens with one attached hydrogen (secondary N) is 1. The van der Waals surface area contributed by atoms with E-state index in [1.54, 1.807) is 6.92 Å². The van der Waals surface area contributed by atoms with Gasteiger partial charge in [0.05, 0.1) is 0 Å². The first-order valence-corrected chi connectivity index (χ1v) is 10.8. The third-order valence-electron chi connectivity index (χ3n) is 6.58. The van der Waals surface area contributed by atoms with Crippen molar-refractivity contribution in [2.24, 2.45) is 28.7 Å². The molecular weight excluding hydrogens is 396 g/mol. The van der Waals surface area contributed by atoms with Crippen molar-refractivity contribution >= 4 is 23.4 Å². The topological polar surface area (TPSA) is 116 Å². The van der Waals surface area contributed by atoms with Gasteiger partial charge in [-0.2, -0.15) is 0 Å². The highest BCUT2D eigenvalue weighted by Crippen LogP contribution is 2.44. The fraction of sp³-hybridized carbons (Fsp3) is 0.500. The number of rotatable bonds is 5. The Balaban J connectivity index is 0.000000293. The third kappa shape index (κ3) is 6.10. The fourth-order valence-electron chi connectivity index (χ4n) is 5.19. The van der Waals surface area contributed by atoms with E-state index in [1.165, 1.54) is 11.3 Å². The van der Waals surface area contributed by atoms with Gasteiger partial charge >= 0.3 is 11.9 Å². The first-order valence-electron chi connectivity index (χ1n) is 10.8. The zero-order valence-corrected chi connectivity index (χ0v) is 17.7. The van der Waals surface area contributed by atoms with Crippen LogP contribution in [0.25, 0.3) is 0 Å². The molecule has 1 aromatic carbocycles. The van der Waals surface area contributed by atoms with Crippen molar-refractivity contribution in [3.8, 4) is 0 Å². The fourth-order valence-corrected chi connectivity index (χ4v) is 5.19. The minimum atomic E-state index is -1.26. The second kappa shape index (κ2) is 10.5. The number of carboxylic acids is 2. The summed E-state index contributed by atoms with van der Waals surface area (Å²) in [6, 6.07) is 10.8. The molecule has 0 bridgehead atoms. The molecule has 1 aromatic rings. The van der Waals surface area contributed by atoms with E-state index >= 15 is 0 Å². The van der Waals surface area contributed by atoms with E-state index in [0.29, 0.717) is 29.9 Å². The van der Waals surface area contributed by atoms with Gasteiger partial charge in [0, 0.05) is 23.8 Å². The molecule has 2 fully saturated rings. The molecule has 2 aliphatic heterocycles. The number of hydrogen-bond acceptors (Lipinski definition) is 5. The molecule has 7 heteroatoms. The van der Waals surface area contributed by atoms with Gasteiger partial charge in [0.25, 0.3) is 0 Å². The summed E-state index contributed by atoms with van der Waals surface area (Å²) in [6.45, 7) is 3.97. The van der Waals surface area contributed by atoms with Crippen LogP contribution in [0.2, 0.25) is 0 Å². The van der Waals surface area contributed by atoms with Crippen molar-refractivity contribution in [2.45, 2.75) is 38.6 Å². The molecule has 3 aliphatic rings. The molecule has 31 heavy (non-hydrogen) atoms. The summed E-state index contributed by atoms with van der Waals surface area (Å²) in [5, 5.41) is 19.2. The lowest BCUT2D eigenvalue weighted by Crippen LogP contribution is -2.44. The quantitative estimate of drug-likeness (QED) is 0.623. The van der Waals surface area contributed by atoms with Crippen molar-refractivity contribution in [1.29, 1.82) is 0 Å². The molecule has 2 heterocycles. The Morgan fingerprint density at radius 3 is 2.35 bits per heavy atom. The van der Waals surface area contributed by atoms with E-state index in [4.69, 9.17) is 15.2 Å². The highest BCUT2D eigenvalue weighted by Gasteiger charge is 2.46. The van der Waals surface area contributed by atoms with Crippen LogP contribution in [0, 0.1) is 23.7 Å². The van der Waals surface area contributed by atoms with E-state index in [2.05, 4.69) is 35.6 Å². The highest BCUT2D eigenvalue weighted by molar-refractivity contribution is 5.93.